The first-order valence-electron chi connectivity index (χ1n) is 9.99. The molecule has 0 aromatic carbocycles. The lowest BCUT2D eigenvalue weighted by atomic mass is 10.0. The third kappa shape index (κ3) is 7.12. The van der Waals surface area contributed by atoms with Crippen LogP contribution >= 0.6 is 0 Å². The standard InChI is InChI=1S/C19H39N5O/c1-15(2)12-18(24-8-10-25-11-9-24)14-22-19(20-4)21-13-16(3)23(5)17-6-7-17/h15-18H,6-14H2,1-5H3,(H2,20,21,22). The summed E-state index contributed by atoms with van der Waals surface area (Å²) in [6.45, 7) is 12.5. The summed E-state index contributed by atoms with van der Waals surface area (Å²) in [4.78, 5) is 9.45. The second kappa shape index (κ2) is 10.3. The average molecular weight is 354 g/mol. The first-order valence-corrected chi connectivity index (χ1v) is 9.99. The van der Waals surface area contributed by atoms with E-state index < -0.39 is 0 Å². The molecule has 2 unspecified atom stereocenters. The third-order valence-corrected chi connectivity index (χ3v) is 5.42. The summed E-state index contributed by atoms with van der Waals surface area (Å²) in [5, 5.41) is 7.05. The predicted molar refractivity (Wildman–Crippen MR) is 105 cm³/mol. The van der Waals surface area contributed by atoms with Crippen LogP contribution in [0.1, 0.15) is 40.0 Å². The summed E-state index contributed by atoms with van der Waals surface area (Å²) >= 11 is 0. The fraction of sp³-hybridized carbons (Fsp3) is 0.947. The third-order valence-electron chi connectivity index (χ3n) is 5.42. The molecule has 6 nitrogen and oxygen atoms in total. The van der Waals surface area contributed by atoms with Gasteiger partial charge >= 0.3 is 0 Å². The average Bonchev–Trinajstić information content (AvgIpc) is 3.45. The lowest BCUT2D eigenvalue weighted by Gasteiger charge is -2.36. The van der Waals surface area contributed by atoms with E-state index in [9.17, 15) is 0 Å². The first kappa shape index (κ1) is 20.5. The molecule has 0 amide bonds. The van der Waals surface area contributed by atoms with Gasteiger partial charge in [0, 0.05) is 51.4 Å². The smallest absolute Gasteiger partial charge is 0.191 e. The van der Waals surface area contributed by atoms with E-state index in [4.69, 9.17) is 4.74 Å². The Hall–Kier alpha value is -0.850. The van der Waals surface area contributed by atoms with Gasteiger partial charge in [-0.25, -0.2) is 0 Å². The van der Waals surface area contributed by atoms with Crippen molar-refractivity contribution in [1.29, 1.82) is 0 Å². The van der Waals surface area contributed by atoms with E-state index >= 15 is 0 Å². The van der Waals surface area contributed by atoms with Gasteiger partial charge in [-0.3, -0.25) is 14.8 Å². The molecule has 1 saturated heterocycles. The van der Waals surface area contributed by atoms with Gasteiger partial charge in [-0.15, -0.1) is 0 Å². The van der Waals surface area contributed by atoms with E-state index in [1.54, 1.807) is 0 Å². The normalized spacial score (nSPS) is 22.3. The molecule has 0 spiro atoms. The number of nitrogens with one attached hydrogen (secondary N) is 2. The first-order chi connectivity index (χ1) is 12.0. The SMILES string of the molecule is CN=C(NCC(CC(C)C)N1CCOCC1)NCC(C)N(C)C1CC1. The summed E-state index contributed by atoms with van der Waals surface area (Å²) in [5.74, 6) is 1.61. The fourth-order valence-corrected chi connectivity index (χ4v) is 3.51. The molecule has 1 aliphatic heterocycles. The van der Waals surface area contributed by atoms with E-state index in [2.05, 4.69) is 53.2 Å². The van der Waals surface area contributed by atoms with Crippen LogP contribution in [0.3, 0.4) is 0 Å². The minimum atomic E-state index is 0.525. The van der Waals surface area contributed by atoms with Crippen LogP contribution in [0, 0.1) is 5.92 Å². The summed E-state index contributed by atoms with van der Waals surface area (Å²) in [6, 6.07) is 1.86. The van der Waals surface area contributed by atoms with Crippen LogP contribution < -0.4 is 10.6 Å². The van der Waals surface area contributed by atoms with E-state index in [-0.39, 0.29) is 0 Å². The number of guanidine groups is 1. The summed E-state index contributed by atoms with van der Waals surface area (Å²) in [6.07, 6.45) is 3.90. The number of aliphatic imine (C=N–C) groups is 1. The molecule has 1 heterocycles. The molecule has 1 aliphatic carbocycles. The summed E-state index contributed by atoms with van der Waals surface area (Å²) in [7, 11) is 4.09. The molecule has 0 aromatic rings. The highest BCUT2D eigenvalue weighted by atomic mass is 16.5. The van der Waals surface area contributed by atoms with E-state index in [0.29, 0.717) is 18.0 Å². The Morgan fingerprint density at radius 1 is 1.16 bits per heavy atom. The number of nitrogens with zero attached hydrogens (tertiary/aromatic N) is 3. The highest BCUT2D eigenvalue weighted by molar-refractivity contribution is 5.79. The molecule has 2 rings (SSSR count). The van der Waals surface area contributed by atoms with Crippen LogP contribution in [0.4, 0.5) is 0 Å². The van der Waals surface area contributed by atoms with E-state index in [1.807, 2.05) is 7.05 Å². The second-order valence-corrected chi connectivity index (χ2v) is 8.01. The van der Waals surface area contributed by atoms with Crippen molar-refractivity contribution >= 4 is 5.96 Å². The summed E-state index contributed by atoms with van der Waals surface area (Å²) < 4.78 is 5.51. The Bertz CT molecular complexity index is 405. The van der Waals surface area contributed by atoms with Crippen molar-refractivity contribution in [2.24, 2.45) is 10.9 Å². The van der Waals surface area contributed by atoms with Gasteiger partial charge in [0.2, 0.25) is 0 Å². The molecular formula is C19H39N5O. The minimum Gasteiger partial charge on any atom is -0.379 e. The molecule has 0 bridgehead atoms. The second-order valence-electron chi connectivity index (χ2n) is 8.01. The van der Waals surface area contributed by atoms with Gasteiger partial charge in [0.15, 0.2) is 5.96 Å². The van der Waals surface area contributed by atoms with Crippen LogP contribution in [-0.2, 0) is 4.74 Å². The topological polar surface area (TPSA) is 52.1 Å². The Morgan fingerprint density at radius 3 is 2.36 bits per heavy atom. The monoisotopic (exact) mass is 353 g/mol. The zero-order valence-electron chi connectivity index (χ0n) is 16.9. The maximum atomic E-state index is 5.51. The molecular weight excluding hydrogens is 314 g/mol. The van der Waals surface area contributed by atoms with Crippen molar-refractivity contribution in [2.75, 3.05) is 53.5 Å². The van der Waals surface area contributed by atoms with Crippen LogP contribution in [-0.4, -0.2) is 87.4 Å². The number of likely N-dealkylation sites (N-methyl/N-ethyl adjacent to an activating group) is 1. The lowest BCUT2D eigenvalue weighted by molar-refractivity contribution is 0.0132. The number of rotatable bonds is 9. The lowest BCUT2D eigenvalue weighted by Crippen LogP contribution is -2.52. The van der Waals surface area contributed by atoms with Crippen LogP contribution in [0.15, 0.2) is 4.99 Å². The zero-order chi connectivity index (χ0) is 18.2. The van der Waals surface area contributed by atoms with Gasteiger partial charge in [-0.05, 0) is 39.2 Å². The van der Waals surface area contributed by atoms with Gasteiger partial charge in [0.25, 0.3) is 0 Å². The maximum absolute atomic E-state index is 5.51. The van der Waals surface area contributed by atoms with Crippen molar-refractivity contribution in [3.8, 4) is 0 Å². The molecule has 2 fully saturated rings. The van der Waals surface area contributed by atoms with Gasteiger partial charge in [0.1, 0.15) is 0 Å². The van der Waals surface area contributed by atoms with Crippen molar-refractivity contribution in [3.05, 3.63) is 0 Å². The molecule has 1 saturated carbocycles. The fourth-order valence-electron chi connectivity index (χ4n) is 3.51. The zero-order valence-corrected chi connectivity index (χ0v) is 16.9. The van der Waals surface area contributed by atoms with Crippen LogP contribution in [0.5, 0.6) is 0 Å². The van der Waals surface area contributed by atoms with Crippen LogP contribution in [0.2, 0.25) is 0 Å². The minimum absolute atomic E-state index is 0.525. The molecule has 2 aliphatic rings. The highest BCUT2D eigenvalue weighted by Crippen LogP contribution is 2.26. The van der Waals surface area contributed by atoms with Gasteiger partial charge < -0.3 is 15.4 Å². The molecule has 6 heteroatoms. The highest BCUT2D eigenvalue weighted by Gasteiger charge is 2.29. The van der Waals surface area contributed by atoms with Crippen molar-refractivity contribution in [2.45, 2.75) is 58.2 Å². The van der Waals surface area contributed by atoms with Crippen molar-refractivity contribution in [3.63, 3.8) is 0 Å². The van der Waals surface area contributed by atoms with Crippen LogP contribution in [0.25, 0.3) is 0 Å². The molecule has 2 N–H and O–H groups in total. The van der Waals surface area contributed by atoms with Gasteiger partial charge in [0.05, 0.1) is 13.2 Å². The molecule has 0 aromatic heterocycles. The Kier molecular flexibility index (Phi) is 8.46. The van der Waals surface area contributed by atoms with Gasteiger partial charge in [-0.2, -0.15) is 0 Å². The Labute approximate surface area is 154 Å². The quantitative estimate of drug-likeness (QED) is 0.484. The summed E-state index contributed by atoms with van der Waals surface area (Å²) in [5.41, 5.74) is 0. The Balaban J connectivity index is 1.77. The number of hydrogen-bond acceptors (Lipinski definition) is 4. The van der Waals surface area contributed by atoms with Crippen molar-refractivity contribution in [1.82, 2.24) is 20.4 Å². The maximum Gasteiger partial charge on any atom is 0.191 e. The number of ether oxygens (including phenoxy) is 1. The Morgan fingerprint density at radius 2 is 1.80 bits per heavy atom. The number of hydrogen-bond donors (Lipinski definition) is 2. The molecule has 0 radical (unpaired) electrons. The van der Waals surface area contributed by atoms with Gasteiger partial charge in [-0.1, -0.05) is 13.8 Å². The van der Waals surface area contributed by atoms with Crippen molar-refractivity contribution < 1.29 is 4.74 Å². The predicted octanol–water partition coefficient (Wildman–Crippen LogP) is 1.38. The number of morpholine rings is 1. The molecule has 25 heavy (non-hydrogen) atoms. The molecule has 146 valence electrons. The van der Waals surface area contributed by atoms with E-state index in [1.165, 1.54) is 19.3 Å². The van der Waals surface area contributed by atoms with E-state index in [0.717, 1.165) is 51.4 Å². The molecule has 2 atom stereocenters. The largest absolute Gasteiger partial charge is 0.379 e.